The van der Waals surface area contributed by atoms with Crippen molar-refractivity contribution < 1.29 is 0 Å². The lowest BCUT2D eigenvalue weighted by Gasteiger charge is -2.12. The topological polar surface area (TPSA) is 53.4 Å². The molecule has 0 bridgehead atoms. The highest BCUT2D eigenvalue weighted by atomic mass is 32.1. The van der Waals surface area contributed by atoms with Crippen molar-refractivity contribution in [2.75, 3.05) is 14.1 Å². The van der Waals surface area contributed by atoms with Crippen LogP contribution in [0.1, 0.15) is 12.6 Å². The summed E-state index contributed by atoms with van der Waals surface area (Å²) in [6.45, 7) is 1.84. The minimum Gasteiger partial charge on any atom is -0.354 e. The highest BCUT2D eigenvalue weighted by Crippen LogP contribution is 1.92. The summed E-state index contributed by atoms with van der Waals surface area (Å²) in [4.78, 5) is 9.83. The fourth-order valence-electron chi connectivity index (χ4n) is 0.775. The van der Waals surface area contributed by atoms with Gasteiger partial charge in [-0.2, -0.15) is 5.10 Å². The van der Waals surface area contributed by atoms with Crippen molar-refractivity contribution in [1.29, 1.82) is 0 Å². The second-order valence-corrected chi connectivity index (χ2v) is 3.49. The van der Waals surface area contributed by atoms with Crippen molar-refractivity contribution in [3.8, 4) is 0 Å². The predicted molar refractivity (Wildman–Crippen MR) is 63.7 cm³/mol. The zero-order chi connectivity index (χ0) is 11.3. The molecule has 0 atom stereocenters. The number of aromatic nitrogens is 2. The third-order valence-corrected chi connectivity index (χ3v) is 2.12. The van der Waals surface area contributed by atoms with E-state index >= 15 is 0 Å². The van der Waals surface area contributed by atoms with Crippen LogP contribution in [0.25, 0.3) is 0 Å². The summed E-state index contributed by atoms with van der Waals surface area (Å²) in [7, 11) is 3.70. The standard InChI is InChI=1S/C9H13N5S/c1-7(8-6-10-4-5-11-8)12-13-9(15)14(2)3/h4-6H,1-3H3,(H,13,15)/b12-7+. The Morgan fingerprint density at radius 1 is 1.47 bits per heavy atom. The third-order valence-electron chi connectivity index (χ3n) is 1.66. The Morgan fingerprint density at radius 2 is 2.20 bits per heavy atom. The highest BCUT2D eigenvalue weighted by molar-refractivity contribution is 7.80. The molecule has 1 aromatic rings. The first kappa shape index (κ1) is 11.5. The first-order chi connectivity index (χ1) is 7.11. The van der Waals surface area contributed by atoms with E-state index in [2.05, 4.69) is 20.5 Å². The maximum atomic E-state index is 5.02. The maximum Gasteiger partial charge on any atom is 0.189 e. The van der Waals surface area contributed by atoms with Crippen LogP contribution in [0.15, 0.2) is 23.7 Å². The molecular formula is C9H13N5S. The Hall–Kier alpha value is -1.56. The molecule has 6 heteroatoms. The molecule has 0 radical (unpaired) electrons. The van der Waals surface area contributed by atoms with Gasteiger partial charge in [-0.1, -0.05) is 0 Å². The van der Waals surface area contributed by atoms with E-state index in [-0.39, 0.29) is 0 Å². The molecular weight excluding hydrogens is 210 g/mol. The van der Waals surface area contributed by atoms with Gasteiger partial charge in [-0.3, -0.25) is 15.4 Å². The van der Waals surface area contributed by atoms with Crippen LogP contribution >= 0.6 is 12.2 Å². The van der Waals surface area contributed by atoms with E-state index in [1.165, 1.54) is 0 Å². The van der Waals surface area contributed by atoms with Crippen LogP contribution in [0.4, 0.5) is 0 Å². The molecule has 0 aliphatic rings. The first-order valence-corrected chi connectivity index (χ1v) is 4.80. The first-order valence-electron chi connectivity index (χ1n) is 4.39. The monoisotopic (exact) mass is 223 g/mol. The zero-order valence-corrected chi connectivity index (χ0v) is 9.75. The minimum absolute atomic E-state index is 0.554. The van der Waals surface area contributed by atoms with E-state index in [9.17, 15) is 0 Å². The van der Waals surface area contributed by atoms with Crippen molar-refractivity contribution in [2.24, 2.45) is 5.10 Å². The summed E-state index contributed by atoms with van der Waals surface area (Å²) in [5.41, 5.74) is 4.23. The van der Waals surface area contributed by atoms with Gasteiger partial charge < -0.3 is 4.90 Å². The third kappa shape index (κ3) is 3.59. The van der Waals surface area contributed by atoms with Gasteiger partial charge in [0.05, 0.1) is 11.9 Å². The van der Waals surface area contributed by atoms with Crippen LogP contribution in [0, 0.1) is 0 Å². The number of hydrazone groups is 1. The quantitative estimate of drug-likeness (QED) is 0.453. The molecule has 0 saturated carbocycles. The lowest BCUT2D eigenvalue weighted by molar-refractivity contribution is 0.606. The van der Waals surface area contributed by atoms with Crippen LogP contribution < -0.4 is 5.43 Å². The molecule has 0 unspecified atom stereocenters. The highest BCUT2D eigenvalue weighted by Gasteiger charge is 1.99. The largest absolute Gasteiger partial charge is 0.354 e. The Kier molecular flexibility index (Phi) is 4.11. The SMILES string of the molecule is C/C(=N\NC(=S)N(C)C)c1cnccn1. The molecule has 0 amide bonds. The predicted octanol–water partition coefficient (Wildman–Crippen LogP) is 0.637. The smallest absolute Gasteiger partial charge is 0.189 e. The maximum absolute atomic E-state index is 5.02. The van der Waals surface area contributed by atoms with E-state index in [0.29, 0.717) is 5.11 Å². The van der Waals surface area contributed by atoms with E-state index in [0.717, 1.165) is 11.4 Å². The van der Waals surface area contributed by atoms with Crippen molar-refractivity contribution in [3.63, 3.8) is 0 Å². The second kappa shape index (κ2) is 5.35. The summed E-state index contributed by atoms with van der Waals surface area (Å²) in [5.74, 6) is 0. The molecule has 1 aromatic heterocycles. The summed E-state index contributed by atoms with van der Waals surface area (Å²) < 4.78 is 0. The number of rotatable bonds is 2. The van der Waals surface area contributed by atoms with Crippen LogP contribution in [0.2, 0.25) is 0 Å². The second-order valence-electron chi connectivity index (χ2n) is 3.10. The molecule has 80 valence electrons. The fourth-order valence-corrected chi connectivity index (χ4v) is 0.821. The fraction of sp³-hybridized carbons (Fsp3) is 0.333. The molecule has 0 aromatic carbocycles. The van der Waals surface area contributed by atoms with Gasteiger partial charge in [0.15, 0.2) is 5.11 Å². The van der Waals surface area contributed by atoms with Crippen LogP contribution in [0.5, 0.6) is 0 Å². The Balaban J connectivity index is 2.65. The number of nitrogens with one attached hydrogen (secondary N) is 1. The number of thiocarbonyl (C=S) groups is 1. The molecule has 0 aliphatic carbocycles. The van der Waals surface area contributed by atoms with E-state index in [1.54, 1.807) is 23.5 Å². The van der Waals surface area contributed by atoms with Gasteiger partial charge >= 0.3 is 0 Å². The van der Waals surface area contributed by atoms with Gasteiger partial charge in [-0.25, -0.2) is 0 Å². The number of hydrogen-bond donors (Lipinski definition) is 1. The molecule has 0 saturated heterocycles. The molecule has 0 fully saturated rings. The van der Waals surface area contributed by atoms with Gasteiger partial charge in [0.1, 0.15) is 5.69 Å². The van der Waals surface area contributed by atoms with Crippen molar-refractivity contribution >= 4 is 23.0 Å². The molecule has 1 rings (SSSR count). The van der Waals surface area contributed by atoms with Gasteiger partial charge in [-0.05, 0) is 19.1 Å². The van der Waals surface area contributed by atoms with E-state index < -0.39 is 0 Å². The van der Waals surface area contributed by atoms with Crippen LogP contribution in [0.3, 0.4) is 0 Å². The van der Waals surface area contributed by atoms with Crippen molar-refractivity contribution in [3.05, 3.63) is 24.3 Å². The molecule has 1 N–H and O–H groups in total. The Morgan fingerprint density at radius 3 is 2.73 bits per heavy atom. The lowest BCUT2D eigenvalue weighted by atomic mass is 10.3. The van der Waals surface area contributed by atoms with Gasteiger partial charge in [0.25, 0.3) is 0 Å². The van der Waals surface area contributed by atoms with Gasteiger partial charge in [-0.15, -0.1) is 0 Å². The van der Waals surface area contributed by atoms with E-state index in [1.807, 2.05) is 21.0 Å². The zero-order valence-electron chi connectivity index (χ0n) is 8.93. The van der Waals surface area contributed by atoms with Crippen LogP contribution in [-0.4, -0.2) is 39.8 Å². The molecule has 0 spiro atoms. The summed E-state index contributed by atoms with van der Waals surface area (Å²) in [6, 6.07) is 0. The normalized spacial score (nSPS) is 11.0. The summed E-state index contributed by atoms with van der Waals surface area (Å²) >= 11 is 5.02. The average Bonchev–Trinajstić information content (AvgIpc) is 2.26. The minimum atomic E-state index is 0.554. The number of nitrogens with zero attached hydrogens (tertiary/aromatic N) is 4. The van der Waals surface area contributed by atoms with Gasteiger partial charge in [0, 0.05) is 26.5 Å². The Labute approximate surface area is 94.2 Å². The average molecular weight is 223 g/mol. The molecule has 1 heterocycles. The molecule has 15 heavy (non-hydrogen) atoms. The number of hydrogen-bond acceptors (Lipinski definition) is 4. The van der Waals surface area contributed by atoms with Crippen molar-refractivity contribution in [2.45, 2.75) is 6.92 Å². The van der Waals surface area contributed by atoms with Gasteiger partial charge in [0.2, 0.25) is 0 Å². The lowest BCUT2D eigenvalue weighted by Crippen LogP contribution is -2.31. The summed E-state index contributed by atoms with van der Waals surface area (Å²) in [6.07, 6.45) is 4.90. The Bertz CT molecular complexity index is 360. The van der Waals surface area contributed by atoms with E-state index in [4.69, 9.17) is 12.2 Å². The summed E-state index contributed by atoms with van der Waals surface area (Å²) in [5, 5.41) is 4.65. The van der Waals surface area contributed by atoms with Crippen molar-refractivity contribution in [1.82, 2.24) is 20.3 Å². The molecule has 0 aliphatic heterocycles. The molecule has 5 nitrogen and oxygen atoms in total. The van der Waals surface area contributed by atoms with Crippen LogP contribution in [-0.2, 0) is 0 Å².